The van der Waals surface area contributed by atoms with Gasteiger partial charge in [0.2, 0.25) is 0 Å². The average molecular weight is 400 g/mol. The second-order valence-electron chi connectivity index (χ2n) is 7.22. The maximum absolute atomic E-state index is 11.2. The summed E-state index contributed by atoms with van der Waals surface area (Å²) in [4.78, 5) is 15.7. The average Bonchev–Trinajstić information content (AvgIpc) is 3.17. The van der Waals surface area contributed by atoms with Crippen LogP contribution >= 0.6 is 0 Å². The lowest BCUT2D eigenvalue weighted by Crippen LogP contribution is -2.42. The van der Waals surface area contributed by atoms with Gasteiger partial charge >= 0.3 is 6.09 Å². The van der Waals surface area contributed by atoms with Gasteiger partial charge in [-0.3, -0.25) is 4.98 Å². The van der Waals surface area contributed by atoms with E-state index in [1.54, 1.807) is 16.8 Å². The Labute approximate surface area is 173 Å². The van der Waals surface area contributed by atoms with Crippen molar-refractivity contribution in [3.63, 3.8) is 0 Å². The predicted molar refractivity (Wildman–Crippen MR) is 112 cm³/mol. The quantitative estimate of drug-likeness (QED) is 0.638. The van der Waals surface area contributed by atoms with E-state index in [-0.39, 0.29) is 6.04 Å². The van der Waals surface area contributed by atoms with Gasteiger partial charge in [-0.1, -0.05) is 5.92 Å². The zero-order valence-corrected chi connectivity index (χ0v) is 16.4. The van der Waals surface area contributed by atoms with E-state index in [1.165, 1.54) is 13.3 Å². The van der Waals surface area contributed by atoms with Gasteiger partial charge in [-0.25, -0.2) is 9.31 Å². The van der Waals surface area contributed by atoms with Crippen LogP contribution in [0.1, 0.15) is 24.0 Å². The SMILES string of the molecule is C#Cc1cnc(-c2ccc3cc(C#N)cnn23)cc1NC1CC(CNC(=O)OC)C1. The summed E-state index contributed by atoms with van der Waals surface area (Å²) in [5.41, 5.74) is 4.41. The number of anilines is 1. The van der Waals surface area contributed by atoms with E-state index in [0.29, 0.717) is 23.6 Å². The van der Waals surface area contributed by atoms with Crippen LogP contribution in [0.5, 0.6) is 0 Å². The second kappa shape index (κ2) is 8.14. The number of terminal acetylenes is 1. The van der Waals surface area contributed by atoms with E-state index in [4.69, 9.17) is 11.7 Å². The molecule has 4 rings (SSSR count). The van der Waals surface area contributed by atoms with Crippen LogP contribution in [0.4, 0.5) is 10.5 Å². The molecular weight excluding hydrogens is 380 g/mol. The molecule has 2 N–H and O–H groups in total. The molecule has 150 valence electrons. The maximum Gasteiger partial charge on any atom is 0.406 e. The summed E-state index contributed by atoms with van der Waals surface area (Å²) in [5, 5.41) is 19.6. The number of amides is 1. The number of methoxy groups -OCH3 is 1. The van der Waals surface area contributed by atoms with Crippen molar-refractivity contribution >= 4 is 17.3 Å². The second-order valence-corrected chi connectivity index (χ2v) is 7.22. The molecule has 8 nitrogen and oxygen atoms in total. The van der Waals surface area contributed by atoms with E-state index in [2.05, 4.69) is 37.4 Å². The standard InChI is InChI=1S/C22H20N6O2/c1-3-16-13-24-20(21-5-4-18-8-15(10-23)12-26-28(18)21)9-19(16)27-17-6-14(7-17)11-25-22(29)30-2/h1,4-5,8-9,12-14,17H,6-7,11H2,2H3,(H,24,27)(H,25,29). The van der Waals surface area contributed by atoms with Crippen molar-refractivity contribution in [2.45, 2.75) is 18.9 Å². The number of nitriles is 1. The highest BCUT2D eigenvalue weighted by atomic mass is 16.5. The Hall–Kier alpha value is -4.04. The molecular formula is C22H20N6O2. The number of nitrogens with zero attached hydrogens (tertiary/aromatic N) is 4. The van der Waals surface area contributed by atoms with Crippen LogP contribution < -0.4 is 10.6 Å². The van der Waals surface area contributed by atoms with Gasteiger partial charge in [-0.15, -0.1) is 6.42 Å². The summed E-state index contributed by atoms with van der Waals surface area (Å²) in [6, 6.07) is 9.90. The van der Waals surface area contributed by atoms with Gasteiger partial charge in [0.1, 0.15) is 6.07 Å². The molecule has 0 radical (unpaired) electrons. The number of carbonyl (C=O) groups excluding carboxylic acids is 1. The van der Waals surface area contributed by atoms with E-state index < -0.39 is 6.09 Å². The van der Waals surface area contributed by atoms with Crippen molar-refractivity contribution < 1.29 is 9.53 Å². The largest absolute Gasteiger partial charge is 0.453 e. The summed E-state index contributed by atoms with van der Waals surface area (Å²) in [6.45, 7) is 0.598. The molecule has 1 aliphatic carbocycles. The highest BCUT2D eigenvalue weighted by Crippen LogP contribution is 2.32. The van der Waals surface area contributed by atoms with Gasteiger partial charge in [-0.05, 0) is 43.0 Å². The van der Waals surface area contributed by atoms with Crippen LogP contribution in [-0.4, -0.2) is 40.4 Å². The van der Waals surface area contributed by atoms with Crippen molar-refractivity contribution in [2.75, 3.05) is 19.0 Å². The highest BCUT2D eigenvalue weighted by molar-refractivity contribution is 5.70. The lowest BCUT2D eigenvalue weighted by atomic mass is 9.80. The number of fused-ring (bicyclic) bond motifs is 1. The summed E-state index contributed by atoms with van der Waals surface area (Å²) < 4.78 is 6.35. The zero-order valence-electron chi connectivity index (χ0n) is 16.4. The number of rotatable bonds is 5. The molecule has 1 amide bonds. The molecule has 0 bridgehead atoms. The van der Waals surface area contributed by atoms with Crippen molar-refractivity contribution in [3.05, 3.63) is 47.8 Å². The Bertz CT molecular complexity index is 1180. The molecule has 0 aliphatic heterocycles. The predicted octanol–water partition coefficient (Wildman–Crippen LogP) is 2.80. The van der Waals surface area contributed by atoms with Crippen LogP contribution in [0.3, 0.4) is 0 Å². The molecule has 0 saturated heterocycles. The molecule has 1 aliphatic rings. The molecule has 30 heavy (non-hydrogen) atoms. The molecule has 3 aromatic rings. The molecule has 0 aromatic carbocycles. The lowest BCUT2D eigenvalue weighted by Gasteiger charge is -2.36. The minimum atomic E-state index is -0.408. The third-order valence-electron chi connectivity index (χ3n) is 5.27. The number of hydrogen-bond acceptors (Lipinski definition) is 6. The third kappa shape index (κ3) is 3.76. The molecule has 3 heterocycles. The number of carbonyl (C=O) groups is 1. The smallest absolute Gasteiger partial charge is 0.406 e. The normalized spacial score (nSPS) is 17.4. The molecule has 1 fully saturated rings. The zero-order chi connectivity index (χ0) is 21.1. The summed E-state index contributed by atoms with van der Waals surface area (Å²) in [6.07, 6.45) is 10.3. The Balaban J connectivity index is 1.51. The van der Waals surface area contributed by atoms with E-state index in [0.717, 1.165) is 35.4 Å². The summed E-state index contributed by atoms with van der Waals surface area (Å²) >= 11 is 0. The van der Waals surface area contributed by atoms with Gasteiger partial charge in [0.25, 0.3) is 0 Å². The Kier molecular flexibility index (Phi) is 5.23. The van der Waals surface area contributed by atoms with Crippen LogP contribution in [0.2, 0.25) is 0 Å². The molecule has 0 atom stereocenters. The monoisotopic (exact) mass is 400 g/mol. The number of nitrogens with one attached hydrogen (secondary N) is 2. The number of aromatic nitrogens is 3. The maximum atomic E-state index is 11.2. The minimum absolute atomic E-state index is 0.275. The van der Waals surface area contributed by atoms with Gasteiger partial charge in [-0.2, -0.15) is 10.4 Å². The lowest BCUT2D eigenvalue weighted by molar-refractivity contribution is 0.164. The van der Waals surface area contributed by atoms with E-state index in [9.17, 15) is 4.79 Å². The van der Waals surface area contributed by atoms with Crippen molar-refractivity contribution in [3.8, 4) is 29.8 Å². The fourth-order valence-electron chi connectivity index (χ4n) is 3.62. The number of hydrogen-bond donors (Lipinski definition) is 2. The van der Waals surface area contributed by atoms with Gasteiger partial charge < -0.3 is 15.4 Å². The van der Waals surface area contributed by atoms with Crippen molar-refractivity contribution in [1.82, 2.24) is 19.9 Å². The van der Waals surface area contributed by atoms with Gasteiger partial charge in [0.05, 0.1) is 47.0 Å². The van der Waals surface area contributed by atoms with Crippen molar-refractivity contribution in [1.29, 1.82) is 5.26 Å². The van der Waals surface area contributed by atoms with Crippen LogP contribution in [0, 0.1) is 29.6 Å². The first-order valence-electron chi connectivity index (χ1n) is 9.54. The Morgan fingerprint density at radius 1 is 1.37 bits per heavy atom. The molecule has 0 unspecified atom stereocenters. The topological polar surface area (TPSA) is 104 Å². The first kappa shape index (κ1) is 19.3. The van der Waals surface area contributed by atoms with Crippen LogP contribution in [0.25, 0.3) is 16.9 Å². The number of ether oxygens (including phenoxy) is 1. The first-order valence-corrected chi connectivity index (χ1v) is 9.54. The van der Waals surface area contributed by atoms with E-state index in [1.807, 2.05) is 18.2 Å². The van der Waals surface area contributed by atoms with Crippen molar-refractivity contribution in [2.24, 2.45) is 5.92 Å². The summed E-state index contributed by atoms with van der Waals surface area (Å²) in [7, 11) is 1.36. The third-order valence-corrected chi connectivity index (χ3v) is 5.27. The fraction of sp³-hybridized carbons (Fsp3) is 0.273. The Morgan fingerprint density at radius 2 is 2.20 bits per heavy atom. The van der Waals surface area contributed by atoms with Crippen LogP contribution in [0.15, 0.2) is 36.7 Å². The Morgan fingerprint density at radius 3 is 2.93 bits per heavy atom. The summed E-state index contributed by atoms with van der Waals surface area (Å²) in [5.74, 6) is 3.08. The minimum Gasteiger partial charge on any atom is -0.453 e. The molecule has 8 heteroatoms. The van der Waals surface area contributed by atoms with Crippen LogP contribution in [-0.2, 0) is 4.74 Å². The molecule has 1 saturated carbocycles. The first-order chi connectivity index (χ1) is 14.6. The highest BCUT2D eigenvalue weighted by Gasteiger charge is 2.29. The molecule has 0 spiro atoms. The van der Waals surface area contributed by atoms with E-state index >= 15 is 0 Å². The van der Waals surface area contributed by atoms with Gasteiger partial charge in [0, 0.05) is 18.8 Å². The number of pyridine rings is 1. The number of alkyl carbamates (subject to hydrolysis) is 1. The molecule has 3 aromatic heterocycles. The fourth-order valence-corrected chi connectivity index (χ4v) is 3.62. The van der Waals surface area contributed by atoms with Gasteiger partial charge in [0.15, 0.2) is 0 Å².